The lowest BCUT2D eigenvalue weighted by Gasteiger charge is -2.34. The van der Waals surface area contributed by atoms with Gasteiger partial charge in [0.05, 0.1) is 12.1 Å². The highest BCUT2D eigenvalue weighted by molar-refractivity contribution is 5.81. The number of carbonyl (C=O) groups is 1. The Morgan fingerprint density at radius 3 is 2.85 bits per heavy atom. The Hall–Kier alpha value is -0.610. The summed E-state index contributed by atoms with van der Waals surface area (Å²) in [5.74, 6) is 1.24. The van der Waals surface area contributed by atoms with E-state index < -0.39 is 0 Å². The number of nitrogens with one attached hydrogen (secondary N) is 1. The second kappa shape index (κ2) is 7.41. The summed E-state index contributed by atoms with van der Waals surface area (Å²) in [6.07, 6.45) is 4.79. The Morgan fingerprint density at radius 1 is 1.35 bits per heavy atom. The van der Waals surface area contributed by atoms with E-state index in [4.69, 9.17) is 4.74 Å². The monoisotopic (exact) mass is 282 g/mol. The van der Waals surface area contributed by atoms with E-state index >= 15 is 0 Å². The standard InChI is InChI=1S/C16H30N2O2/c1-4-18-9-6-5-7-14(18)16(19)17-11-13-8-10-20-15(13)12(2)3/h12-15H,4-11H2,1-3H3,(H,17,19)/t13-,14-,15-/m1/s1. The minimum absolute atomic E-state index is 0.0913. The van der Waals surface area contributed by atoms with Crippen LogP contribution in [0.15, 0.2) is 0 Å². The van der Waals surface area contributed by atoms with Crippen LogP contribution in [0.25, 0.3) is 0 Å². The number of hydrogen-bond donors (Lipinski definition) is 1. The van der Waals surface area contributed by atoms with Crippen molar-refractivity contribution in [1.29, 1.82) is 0 Å². The molecule has 4 nitrogen and oxygen atoms in total. The van der Waals surface area contributed by atoms with Gasteiger partial charge in [0.2, 0.25) is 5.91 Å². The quantitative estimate of drug-likeness (QED) is 0.839. The number of hydrogen-bond acceptors (Lipinski definition) is 3. The van der Waals surface area contributed by atoms with Crippen LogP contribution in [0, 0.1) is 11.8 Å². The zero-order valence-corrected chi connectivity index (χ0v) is 13.2. The molecule has 0 unspecified atom stereocenters. The predicted octanol–water partition coefficient (Wildman–Crippen LogP) is 2.04. The van der Waals surface area contributed by atoms with E-state index in [2.05, 4.69) is 31.0 Å². The van der Waals surface area contributed by atoms with Gasteiger partial charge in [-0.05, 0) is 38.3 Å². The Balaban J connectivity index is 1.82. The Labute approximate surface area is 123 Å². The number of likely N-dealkylation sites (N-methyl/N-ethyl adjacent to an activating group) is 1. The molecule has 1 amide bonds. The molecular weight excluding hydrogens is 252 g/mol. The molecule has 0 saturated carbocycles. The van der Waals surface area contributed by atoms with E-state index in [-0.39, 0.29) is 11.9 Å². The van der Waals surface area contributed by atoms with Crippen molar-refractivity contribution < 1.29 is 9.53 Å². The van der Waals surface area contributed by atoms with Gasteiger partial charge in [0.15, 0.2) is 0 Å². The van der Waals surface area contributed by atoms with Crippen molar-refractivity contribution in [3.8, 4) is 0 Å². The highest BCUT2D eigenvalue weighted by atomic mass is 16.5. The molecule has 0 aromatic carbocycles. The molecule has 2 rings (SSSR count). The van der Waals surface area contributed by atoms with Gasteiger partial charge in [-0.3, -0.25) is 9.69 Å². The van der Waals surface area contributed by atoms with Crippen molar-refractivity contribution >= 4 is 5.91 Å². The Bertz CT molecular complexity index is 320. The number of rotatable bonds is 5. The van der Waals surface area contributed by atoms with Crippen LogP contribution in [-0.2, 0) is 9.53 Å². The molecule has 4 heteroatoms. The van der Waals surface area contributed by atoms with Crippen molar-refractivity contribution in [2.24, 2.45) is 11.8 Å². The molecule has 2 fully saturated rings. The van der Waals surface area contributed by atoms with Gasteiger partial charge in [-0.25, -0.2) is 0 Å². The van der Waals surface area contributed by atoms with Crippen LogP contribution < -0.4 is 5.32 Å². The Kier molecular flexibility index (Phi) is 5.85. The van der Waals surface area contributed by atoms with E-state index in [0.717, 1.165) is 39.1 Å². The third kappa shape index (κ3) is 3.73. The topological polar surface area (TPSA) is 41.6 Å². The van der Waals surface area contributed by atoms with Crippen molar-refractivity contribution in [3.63, 3.8) is 0 Å². The SMILES string of the molecule is CCN1CCCC[C@@H]1C(=O)NC[C@H]1CCO[C@@H]1C(C)C. The van der Waals surface area contributed by atoms with Crippen LogP contribution in [-0.4, -0.2) is 49.2 Å². The smallest absolute Gasteiger partial charge is 0.237 e. The minimum Gasteiger partial charge on any atom is -0.378 e. The molecule has 20 heavy (non-hydrogen) atoms. The van der Waals surface area contributed by atoms with E-state index in [1.807, 2.05) is 0 Å². The van der Waals surface area contributed by atoms with Crippen LogP contribution in [0.2, 0.25) is 0 Å². The lowest BCUT2D eigenvalue weighted by molar-refractivity contribution is -0.127. The molecule has 2 heterocycles. The first-order chi connectivity index (χ1) is 9.63. The van der Waals surface area contributed by atoms with Crippen molar-refractivity contribution in [2.75, 3.05) is 26.2 Å². The lowest BCUT2D eigenvalue weighted by atomic mass is 9.92. The second-order valence-electron chi connectivity index (χ2n) is 6.51. The van der Waals surface area contributed by atoms with Crippen molar-refractivity contribution in [2.45, 2.75) is 58.6 Å². The first kappa shape index (κ1) is 15.8. The molecule has 2 aliphatic heterocycles. The molecule has 2 saturated heterocycles. The molecule has 0 spiro atoms. The fraction of sp³-hybridized carbons (Fsp3) is 0.938. The predicted molar refractivity (Wildman–Crippen MR) is 80.6 cm³/mol. The Morgan fingerprint density at radius 2 is 2.15 bits per heavy atom. The zero-order chi connectivity index (χ0) is 14.5. The van der Waals surface area contributed by atoms with Crippen molar-refractivity contribution in [1.82, 2.24) is 10.2 Å². The molecule has 116 valence electrons. The number of carbonyl (C=O) groups excluding carboxylic acids is 1. The second-order valence-corrected chi connectivity index (χ2v) is 6.51. The molecule has 0 bridgehead atoms. The average Bonchev–Trinajstić information content (AvgIpc) is 2.93. The highest BCUT2D eigenvalue weighted by Crippen LogP contribution is 2.26. The van der Waals surface area contributed by atoms with Crippen LogP contribution >= 0.6 is 0 Å². The van der Waals surface area contributed by atoms with Gasteiger partial charge in [-0.2, -0.15) is 0 Å². The summed E-state index contributed by atoms with van der Waals surface area (Å²) in [5, 5.41) is 3.18. The summed E-state index contributed by atoms with van der Waals surface area (Å²) in [4.78, 5) is 14.7. The summed E-state index contributed by atoms with van der Waals surface area (Å²) < 4.78 is 5.79. The van der Waals surface area contributed by atoms with Gasteiger partial charge < -0.3 is 10.1 Å². The summed E-state index contributed by atoms with van der Waals surface area (Å²) in [7, 11) is 0. The summed E-state index contributed by atoms with van der Waals surface area (Å²) in [6, 6.07) is 0.0913. The molecule has 0 radical (unpaired) electrons. The maximum absolute atomic E-state index is 12.4. The summed E-state index contributed by atoms with van der Waals surface area (Å²) in [6.45, 7) is 10.2. The highest BCUT2D eigenvalue weighted by Gasteiger charge is 2.32. The number of likely N-dealkylation sites (tertiary alicyclic amines) is 1. The molecule has 0 aromatic heterocycles. The normalized spacial score (nSPS) is 31.7. The first-order valence-corrected chi connectivity index (χ1v) is 8.26. The lowest BCUT2D eigenvalue weighted by Crippen LogP contribution is -2.50. The van der Waals surface area contributed by atoms with Crippen molar-refractivity contribution in [3.05, 3.63) is 0 Å². The van der Waals surface area contributed by atoms with E-state index in [0.29, 0.717) is 17.9 Å². The largest absolute Gasteiger partial charge is 0.378 e. The summed E-state index contributed by atoms with van der Waals surface area (Å²) >= 11 is 0. The van der Waals surface area contributed by atoms with Crippen LogP contribution in [0.3, 0.4) is 0 Å². The van der Waals surface area contributed by atoms with E-state index in [1.165, 1.54) is 12.8 Å². The maximum atomic E-state index is 12.4. The fourth-order valence-electron chi connectivity index (χ4n) is 3.63. The number of amides is 1. The fourth-order valence-corrected chi connectivity index (χ4v) is 3.63. The van der Waals surface area contributed by atoms with Gasteiger partial charge in [0, 0.05) is 19.1 Å². The number of nitrogens with zero attached hydrogens (tertiary/aromatic N) is 1. The zero-order valence-electron chi connectivity index (χ0n) is 13.2. The minimum atomic E-state index is 0.0913. The van der Waals surface area contributed by atoms with Gasteiger partial charge in [0.25, 0.3) is 0 Å². The molecule has 3 atom stereocenters. The van der Waals surface area contributed by atoms with Gasteiger partial charge in [-0.1, -0.05) is 27.2 Å². The van der Waals surface area contributed by atoms with Gasteiger partial charge in [0.1, 0.15) is 0 Å². The number of ether oxygens (including phenoxy) is 1. The number of piperidine rings is 1. The molecular formula is C16H30N2O2. The van der Waals surface area contributed by atoms with Crippen LogP contribution in [0.5, 0.6) is 0 Å². The molecule has 2 aliphatic rings. The third-order valence-electron chi connectivity index (χ3n) is 4.78. The third-order valence-corrected chi connectivity index (χ3v) is 4.78. The first-order valence-electron chi connectivity index (χ1n) is 8.26. The van der Waals surface area contributed by atoms with E-state index in [9.17, 15) is 4.79 Å². The average molecular weight is 282 g/mol. The van der Waals surface area contributed by atoms with Crippen LogP contribution in [0.4, 0.5) is 0 Å². The maximum Gasteiger partial charge on any atom is 0.237 e. The molecule has 0 aliphatic carbocycles. The van der Waals surface area contributed by atoms with Gasteiger partial charge in [-0.15, -0.1) is 0 Å². The summed E-state index contributed by atoms with van der Waals surface area (Å²) in [5.41, 5.74) is 0. The van der Waals surface area contributed by atoms with E-state index in [1.54, 1.807) is 0 Å². The van der Waals surface area contributed by atoms with Crippen LogP contribution in [0.1, 0.15) is 46.5 Å². The molecule has 1 N–H and O–H groups in total. The van der Waals surface area contributed by atoms with Gasteiger partial charge >= 0.3 is 0 Å². The molecule has 0 aromatic rings.